The number of hydrogen-bond donors (Lipinski definition) is 1. The summed E-state index contributed by atoms with van der Waals surface area (Å²) in [6.07, 6.45) is -4.69. The molecule has 0 atom stereocenters. The maximum Gasteiger partial charge on any atom is 0.418 e. The van der Waals surface area contributed by atoms with Crippen LogP contribution in [0.2, 0.25) is 0 Å². The van der Waals surface area contributed by atoms with Crippen LogP contribution in [0.15, 0.2) is 83.8 Å². The monoisotopic (exact) mass is 464 g/mol. The van der Waals surface area contributed by atoms with Crippen LogP contribution in [-0.2, 0) is 21.0 Å². The number of alkyl halides is 3. The van der Waals surface area contributed by atoms with Gasteiger partial charge in [-0.2, -0.15) is 13.2 Å². The average molecular weight is 464 g/mol. The van der Waals surface area contributed by atoms with Crippen molar-refractivity contribution in [1.29, 1.82) is 0 Å². The van der Waals surface area contributed by atoms with E-state index in [1.165, 1.54) is 55.6 Å². The van der Waals surface area contributed by atoms with Crippen LogP contribution in [0.25, 0.3) is 0 Å². The highest BCUT2D eigenvalue weighted by Gasteiger charge is 2.34. The molecule has 3 rings (SSSR count). The van der Waals surface area contributed by atoms with Crippen LogP contribution < -0.4 is 14.4 Å². The van der Waals surface area contributed by atoms with E-state index in [9.17, 15) is 26.4 Å². The molecule has 32 heavy (non-hydrogen) atoms. The molecule has 0 aliphatic heterocycles. The van der Waals surface area contributed by atoms with Gasteiger partial charge < -0.3 is 10.1 Å². The Morgan fingerprint density at radius 3 is 2.28 bits per heavy atom. The third kappa shape index (κ3) is 5.20. The lowest BCUT2D eigenvalue weighted by atomic mass is 10.1. The van der Waals surface area contributed by atoms with E-state index in [2.05, 4.69) is 5.32 Å². The van der Waals surface area contributed by atoms with Gasteiger partial charge in [-0.1, -0.05) is 36.4 Å². The third-order valence-corrected chi connectivity index (χ3v) is 6.25. The fourth-order valence-corrected chi connectivity index (χ4v) is 4.39. The molecule has 3 aromatic rings. The fraction of sp³-hybridized carbons (Fsp3) is 0.136. The summed E-state index contributed by atoms with van der Waals surface area (Å²) in [5.74, 6) is -0.595. The quantitative estimate of drug-likeness (QED) is 0.557. The van der Waals surface area contributed by atoms with Crippen molar-refractivity contribution in [2.24, 2.45) is 0 Å². The van der Waals surface area contributed by atoms with Gasteiger partial charge in [0.2, 0.25) is 5.91 Å². The first-order valence-corrected chi connectivity index (χ1v) is 10.7. The lowest BCUT2D eigenvalue weighted by Gasteiger charge is -2.25. The first-order valence-electron chi connectivity index (χ1n) is 9.31. The van der Waals surface area contributed by atoms with Crippen molar-refractivity contribution in [3.63, 3.8) is 0 Å². The summed E-state index contributed by atoms with van der Waals surface area (Å²) in [5.41, 5.74) is -1.38. The summed E-state index contributed by atoms with van der Waals surface area (Å²) >= 11 is 0. The summed E-state index contributed by atoms with van der Waals surface area (Å²) in [7, 11) is -2.81. The maximum absolute atomic E-state index is 13.3. The highest BCUT2D eigenvalue weighted by atomic mass is 32.2. The topological polar surface area (TPSA) is 75.7 Å². The minimum absolute atomic E-state index is 0.0775. The Balaban J connectivity index is 1.98. The molecule has 0 saturated heterocycles. The number of benzene rings is 3. The van der Waals surface area contributed by atoms with Gasteiger partial charge in [0.1, 0.15) is 12.3 Å². The van der Waals surface area contributed by atoms with Crippen molar-refractivity contribution >= 4 is 27.3 Å². The van der Waals surface area contributed by atoms with Crippen molar-refractivity contribution < 1.29 is 31.1 Å². The number of nitrogens with zero attached hydrogens (tertiary/aromatic N) is 1. The number of carbonyl (C=O) groups excluding carboxylic acids is 1. The van der Waals surface area contributed by atoms with Gasteiger partial charge in [-0.15, -0.1) is 0 Å². The van der Waals surface area contributed by atoms with Gasteiger partial charge in [0.25, 0.3) is 10.0 Å². The molecule has 0 bridgehead atoms. The van der Waals surface area contributed by atoms with Crippen LogP contribution in [-0.4, -0.2) is 28.0 Å². The predicted octanol–water partition coefficient (Wildman–Crippen LogP) is 4.55. The number of amides is 1. The normalized spacial score (nSPS) is 11.6. The molecule has 0 saturated carbocycles. The van der Waals surface area contributed by atoms with E-state index in [0.29, 0.717) is 5.75 Å². The Hall–Kier alpha value is -3.53. The molecule has 10 heteroatoms. The largest absolute Gasteiger partial charge is 0.497 e. The Morgan fingerprint density at radius 2 is 1.62 bits per heavy atom. The third-order valence-electron chi connectivity index (χ3n) is 4.47. The van der Waals surface area contributed by atoms with Crippen LogP contribution in [0.4, 0.5) is 24.5 Å². The Morgan fingerprint density at radius 1 is 0.969 bits per heavy atom. The van der Waals surface area contributed by atoms with Crippen LogP contribution in [0.5, 0.6) is 5.75 Å². The number of carbonyl (C=O) groups is 1. The van der Waals surface area contributed by atoms with Gasteiger partial charge in [0.15, 0.2) is 0 Å². The molecule has 0 fully saturated rings. The number of sulfonamides is 1. The molecular formula is C22H19F3N2O4S. The summed E-state index contributed by atoms with van der Waals surface area (Å²) in [5, 5.41) is 2.17. The first kappa shape index (κ1) is 23.1. The van der Waals surface area contributed by atoms with Crippen molar-refractivity contribution in [3.8, 4) is 5.75 Å². The molecule has 6 nitrogen and oxygen atoms in total. The van der Waals surface area contributed by atoms with E-state index in [0.717, 1.165) is 16.4 Å². The van der Waals surface area contributed by atoms with Crippen LogP contribution in [0, 0.1) is 0 Å². The summed E-state index contributed by atoms with van der Waals surface area (Å²) in [4.78, 5) is 12.6. The second kappa shape index (κ2) is 9.31. The van der Waals surface area contributed by atoms with E-state index in [-0.39, 0.29) is 10.6 Å². The summed E-state index contributed by atoms with van der Waals surface area (Å²) in [6.45, 7) is -0.753. The zero-order valence-electron chi connectivity index (χ0n) is 16.8. The fourth-order valence-electron chi connectivity index (χ4n) is 2.96. The second-order valence-corrected chi connectivity index (χ2v) is 8.48. The molecular weight excluding hydrogens is 445 g/mol. The van der Waals surface area contributed by atoms with E-state index < -0.39 is 39.9 Å². The van der Waals surface area contributed by atoms with Crippen molar-refractivity contribution in [3.05, 3.63) is 84.4 Å². The van der Waals surface area contributed by atoms with Gasteiger partial charge in [-0.25, -0.2) is 8.42 Å². The Kier molecular flexibility index (Phi) is 6.73. The van der Waals surface area contributed by atoms with Gasteiger partial charge >= 0.3 is 6.18 Å². The standard InChI is InChI=1S/C22H19F3N2O4S/c1-31-17-9-7-8-16(14-17)27(32(29,30)18-10-3-2-4-11-18)15-21(28)26-20-13-6-5-12-19(20)22(23,24)25/h2-14H,15H2,1H3,(H,26,28). The SMILES string of the molecule is COc1cccc(N(CC(=O)Nc2ccccc2C(F)(F)F)S(=O)(=O)c2ccccc2)c1. The molecule has 0 unspecified atom stereocenters. The molecule has 0 radical (unpaired) electrons. The minimum Gasteiger partial charge on any atom is -0.497 e. The summed E-state index contributed by atoms with van der Waals surface area (Å²) in [6, 6.07) is 17.9. The summed E-state index contributed by atoms with van der Waals surface area (Å²) < 4.78 is 72.2. The zero-order chi connectivity index (χ0) is 23.4. The molecule has 0 heterocycles. The van der Waals surface area contributed by atoms with E-state index in [1.807, 2.05) is 0 Å². The van der Waals surface area contributed by atoms with E-state index >= 15 is 0 Å². The van der Waals surface area contributed by atoms with Gasteiger partial charge in [0.05, 0.1) is 28.9 Å². The number of ether oxygens (including phenoxy) is 1. The number of nitrogens with one attached hydrogen (secondary N) is 1. The first-order chi connectivity index (χ1) is 15.1. The zero-order valence-corrected chi connectivity index (χ0v) is 17.7. The van der Waals surface area contributed by atoms with E-state index in [4.69, 9.17) is 4.74 Å². The smallest absolute Gasteiger partial charge is 0.418 e. The van der Waals surface area contributed by atoms with Crippen molar-refractivity contribution in [1.82, 2.24) is 0 Å². The second-order valence-electron chi connectivity index (χ2n) is 6.62. The molecule has 1 amide bonds. The van der Waals surface area contributed by atoms with Gasteiger partial charge in [-0.05, 0) is 36.4 Å². The van der Waals surface area contributed by atoms with Crippen LogP contribution >= 0.6 is 0 Å². The highest BCUT2D eigenvalue weighted by Crippen LogP contribution is 2.34. The number of methoxy groups -OCH3 is 1. The molecule has 0 aliphatic carbocycles. The lowest BCUT2D eigenvalue weighted by Crippen LogP contribution is -2.38. The van der Waals surface area contributed by atoms with Gasteiger partial charge in [-0.3, -0.25) is 9.10 Å². The molecule has 1 N–H and O–H groups in total. The number of anilines is 2. The minimum atomic E-state index is -4.69. The van der Waals surface area contributed by atoms with E-state index in [1.54, 1.807) is 18.2 Å². The lowest BCUT2D eigenvalue weighted by molar-refractivity contribution is -0.137. The molecule has 0 aliphatic rings. The maximum atomic E-state index is 13.3. The number of rotatable bonds is 7. The van der Waals surface area contributed by atoms with Crippen molar-refractivity contribution in [2.75, 3.05) is 23.3 Å². The highest BCUT2D eigenvalue weighted by molar-refractivity contribution is 7.92. The predicted molar refractivity (Wildman–Crippen MR) is 114 cm³/mol. The molecule has 3 aromatic carbocycles. The average Bonchev–Trinajstić information content (AvgIpc) is 2.77. The Bertz CT molecular complexity index is 1200. The molecule has 168 valence electrons. The van der Waals surface area contributed by atoms with Crippen LogP contribution in [0.1, 0.15) is 5.56 Å². The number of hydrogen-bond acceptors (Lipinski definition) is 4. The molecule has 0 spiro atoms. The number of para-hydroxylation sites is 1. The van der Waals surface area contributed by atoms with Crippen LogP contribution in [0.3, 0.4) is 0 Å². The molecule has 0 aromatic heterocycles. The van der Waals surface area contributed by atoms with Crippen molar-refractivity contribution in [2.45, 2.75) is 11.1 Å². The Labute approximate surface area is 183 Å². The number of halogens is 3. The van der Waals surface area contributed by atoms with Gasteiger partial charge in [0, 0.05) is 6.07 Å².